The fourth-order valence-corrected chi connectivity index (χ4v) is 1.82. The Morgan fingerprint density at radius 1 is 1.20 bits per heavy atom. The Morgan fingerprint density at radius 2 is 1.80 bits per heavy atom. The summed E-state index contributed by atoms with van der Waals surface area (Å²) in [5, 5.41) is 2.83. The highest BCUT2D eigenvalue weighted by Gasteiger charge is 2.20. The van der Waals surface area contributed by atoms with Crippen LogP contribution in [0, 0.1) is 5.92 Å². The molecule has 0 aliphatic rings. The zero-order valence-corrected chi connectivity index (χ0v) is 13.6. The Labute approximate surface area is 122 Å². The number of esters is 1. The molecule has 0 fully saturated rings. The van der Waals surface area contributed by atoms with Crippen molar-refractivity contribution in [3.05, 3.63) is 0 Å². The first kappa shape index (κ1) is 18.7. The molecule has 5 nitrogen and oxygen atoms in total. The van der Waals surface area contributed by atoms with E-state index < -0.39 is 11.7 Å². The van der Waals surface area contributed by atoms with Gasteiger partial charge in [-0.2, -0.15) is 0 Å². The highest BCUT2D eigenvalue weighted by Crippen LogP contribution is 2.13. The topological polar surface area (TPSA) is 64.6 Å². The summed E-state index contributed by atoms with van der Waals surface area (Å²) in [4.78, 5) is 23.2. The Hall–Kier alpha value is -1.26. The van der Waals surface area contributed by atoms with Gasteiger partial charge in [-0.3, -0.25) is 4.79 Å². The SMILES string of the molecule is CCOC(=O)CC[C@H](CC(C)C)NC(=O)OC(C)(C)C. The maximum atomic E-state index is 11.8. The van der Waals surface area contributed by atoms with Crippen LogP contribution in [0.2, 0.25) is 0 Å². The molecule has 20 heavy (non-hydrogen) atoms. The van der Waals surface area contributed by atoms with Crippen molar-refractivity contribution in [1.29, 1.82) is 0 Å². The fraction of sp³-hybridized carbons (Fsp3) is 0.867. The zero-order valence-electron chi connectivity index (χ0n) is 13.6. The van der Waals surface area contributed by atoms with Gasteiger partial charge in [0.15, 0.2) is 0 Å². The van der Waals surface area contributed by atoms with E-state index in [9.17, 15) is 9.59 Å². The second-order valence-electron chi connectivity index (χ2n) is 6.32. The van der Waals surface area contributed by atoms with Crippen molar-refractivity contribution in [1.82, 2.24) is 5.32 Å². The number of nitrogens with one attached hydrogen (secondary N) is 1. The van der Waals surface area contributed by atoms with Crippen LogP contribution in [0.5, 0.6) is 0 Å². The van der Waals surface area contributed by atoms with Crippen LogP contribution in [0.15, 0.2) is 0 Å². The lowest BCUT2D eigenvalue weighted by Gasteiger charge is -2.24. The smallest absolute Gasteiger partial charge is 0.407 e. The van der Waals surface area contributed by atoms with Gasteiger partial charge in [0.1, 0.15) is 5.60 Å². The fourth-order valence-electron chi connectivity index (χ4n) is 1.82. The third-order valence-electron chi connectivity index (χ3n) is 2.48. The first-order chi connectivity index (χ1) is 9.14. The molecule has 0 saturated carbocycles. The van der Waals surface area contributed by atoms with Gasteiger partial charge in [-0.25, -0.2) is 4.79 Å². The molecule has 0 aliphatic carbocycles. The molecule has 118 valence electrons. The summed E-state index contributed by atoms with van der Waals surface area (Å²) < 4.78 is 10.1. The van der Waals surface area contributed by atoms with Gasteiger partial charge in [0.25, 0.3) is 0 Å². The van der Waals surface area contributed by atoms with Gasteiger partial charge < -0.3 is 14.8 Å². The van der Waals surface area contributed by atoms with Crippen LogP contribution in [-0.4, -0.2) is 30.3 Å². The summed E-state index contributed by atoms with van der Waals surface area (Å²) in [5.74, 6) is 0.198. The second-order valence-corrected chi connectivity index (χ2v) is 6.32. The van der Waals surface area contributed by atoms with Crippen LogP contribution < -0.4 is 5.32 Å². The summed E-state index contributed by atoms with van der Waals surface area (Å²) in [6.07, 6.45) is 1.24. The highest BCUT2D eigenvalue weighted by atomic mass is 16.6. The van der Waals surface area contributed by atoms with E-state index >= 15 is 0 Å². The van der Waals surface area contributed by atoms with Crippen molar-refractivity contribution < 1.29 is 19.1 Å². The van der Waals surface area contributed by atoms with Crippen molar-refractivity contribution >= 4 is 12.1 Å². The first-order valence-electron chi connectivity index (χ1n) is 7.29. The van der Waals surface area contributed by atoms with Crippen molar-refractivity contribution in [3.63, 3.8) is 0 Å². The molecule has 0 rings (SSSR count). The molecule has 0 unspecified atom stereocenters. The Bertz CT molecular complexity index is 307. The average molecular weight is 287 g/mol. The van der Waals surface area contributed by atoms with Crippen molar-refractivity contribution in [3.8, 4) is 0 Å². The van der Waals surface area contributed by atoms with Crippen LogP contribution in [0.3, 0.4) is 0 Å². The van der Waals surface area contributed by atoms with Gasteiger partial charge in [0.05, 0.1) is 6.61 Å². The number of carbonyl (C=O) groups is 2. The number of ether oxygens (including phenoxy) is 2. The molecule has 5 heteroatoms. The summed E-state index contributed by atoms with van der Waals surface area (Å²) in [6, 6.07) is -0.0748. The Balaban J connectivity index is 4.34. The number of hydrogen-bond donors (Lipinski definition) is 1. The molecule has 0 heterocycles. The molecule has 1 amide bonds. The standard InChI is InChI=1S/C15H29NO4/c1-7-19-13(17)9-8-12(10-11(2)3)16-14(18)20-15(4,5)6/h11-12H,7-10H2,1-6H3,(H,16,18)/t12-/m1/s1. The van der Waals surface area contributed by atoms with Gasteiger partial charge in [-0.15, -0.1) is 0 Å². The normalized spacial score (nSPS) is 12.9. The predicted octanol–water partition coefficient (Wildman–Crippen LogP) is 3.27. The minimum absolute atomic E-state index is 0.0748. The van der Waals surface area contributed by atoms with Gasteiger partial charge in [-0.05, 0) is 46.5 Å². The van der Waals surface area contributed by atoms with E-state index in [1.807, 2.05) is 20.8 Å². The van der Waals surface area contributed by atoms with Crippen molar-refractivity contribution in [2.45, 2.75) is 72.4 Å². The molecule has 0 radical (unpaired) electrons. The molecule has 0 aliphatic heterocycles. The minimum Gasteiger partial charge on any atom is -0.466 e. The molecule has 1 N–H and O–H groups in total. The van der Waals surface area contributed by atoms with Crippen LogP contribution >= 0.6 is 0 Å². The highest BCUT2D eigenvalue weighted by molar-refractivity contribution is 5.70. The number of hydrogen-bond acceptors (Lipinski definition) is 4. The van der Waals surface area contributed by atoms with Crippen LogP contribution in [0.25, 0.3) is 0 Å². The van der Waals surface area contributed by atoms with Crippen LogP contribution in [-0.2, 0) is 14.3 Å². The van der Waals surface area contributed by atoms with E-state index in [0.717, 1.165) is 6.42 Å². The van der Waals surface area contributed by atoms with Gasteiger partial charge >= 0.3 is 12.1 Å². The summed E-state index contributed by atoms with van der Waals surface area (Å²) in [5.41, 5.74) is -0.520. The summed E-state index contributed by atoms with van der Waals surface area (Å²) in [7, 11) is 0. The van der Waals surface area contributed by atoms with E-state index in [1.54, 1.807) is 6.92 Å². The van der Waals surface area contributed by atoms with Crippen LogP contribution in [0.4, 0.5) is 4.79 Å². The third-order valence-corrected chi connectivity index (χ3v) is 2.48. The van der Waals surface area contributed by atoms with Crippen molar-refractivity contribution in [2.24, 2.45) is 5.92 Å². The maximum Gasteiger partial charge on any atom is 0.407 e. The average Bonchev–Trinajstić information content (AvgIpc) is 2.22. The Morgan fingerprint density at radius 3 is 2.25 bits per heavy atom. The molecular weight excluding hydrogens is 258 g/mol. The summed E-state index contributed by atoms with van der Waals surface area (Å²) in [6.45, 7) is 11.8. The van der Waals surface area contributed by atoms with Gasteiger partial charge in [0, 0.05) is 12.5 Å². The molecule has 0 bridgehead atoms. The molecule has 0 aromatic carbocycles. The Kier molecular flexibility index (Phi) is 8.26. The quantitative estimate of drug-likeness (QED) is 0.730. The third kappa shape index (κ3) is 10.6. The predicted molar refractivity (Wildman–Crippen MR) is 78.5 cm³/mol. The number of rotatable bonds is 7. The van der Waals surface area contributed by atoms with E-state index in [4.69, 9.17) is 9.47 Å². The minimum atomic E-state index is -0.520. The maximum absolute atomic E-state index is 11.8. The lowest BCUT2D eigenvalue weighted by atomic mass is 10.00. The molecule has 0 spiro atoms. The van der Waals surface area contributed by atoms with Gasteiger partial charge in [-0.1, -0.05) is 13.8 Å². The molecule has 0 aromatic heterocycles. The lowest BCUT2D eigenvalue weighted by Crippen LogP contribution is -2.40. The second kappa shape index (κ2) is 8.82. The monoisotopic (exact) mass is 287 g/mol. The number of carbonyl (C=O) groups excluding carboxylic acids is 2. The van der Waals surface area contributed by atoms with E-state index in [1.165, 1.54) is 0 Å². The van der Waals surface area contributed by atoms with E-state index in [2.05, 4.69) is 19.2 Å². The van der Waals surface area contributed by atoms with Crippen molar-refractivity contribution in [2.75, 3.05) is 6.61 Å². The summed E-state index contributed by atoms with van der Waals surface area (Å²) >= 11 is 0. The van der Waals surface area contributed by atoms with E-state index in [-0.39, 0.29) is 12.0 Å². The largest absolute Gasteiger partial charge is 0.466 e. The molecular formula is C15H29NO4. The van der Waals surface area contributed by atoms with E-state index in [0.29, 0.717) is 25.4 Å². The van der Waals surface area contributed by atoms with Gasteiger partial charge in [0.2, 0.25) is 0 Å². The van der Waals surface area contributed by atoms with Crippen LogP contribution in [0.1, 0.15) is 60.8 Å². The molecule has 0 saturated heterocycles. The number of alkyl carbamates (subject to hydrolysis) is 1. The molecule has 1 atom stereocenters. The first-order valence-corrected chi connectivity index (χ1v) is 7.29. The number of amides is 1. The molecule has 0 aromatic rings. The lowest BCUT2D eigenvalue weighted by molar-refractivity contribution is -0.143. The zero-order chi connectivity index (χ0) is 15.8.